The van der Waals surface area contributed by atoms with E-state index in [2.05, 4.69) is 46.4 Å². The van der Waals surface area contributed by atoms with Gasteiger partial charge in [-0.1, -0.05) is 29.8 Å². The summed E-state index contributed by atoms with van der Waals surface area (Å²) in [5.41, 5.74) is 3.79. The first-order chi connectivity index (χ1) is 12.1. The lowest BCUT2D eigenvalue weighted by Gasteiger charge is -2.41. The molecule has 0 spiro atoms. The molecule has 1 N–H and O–H groups in total. The van der Waals surface area contributed by atoms with Gasteiger partial charge < -0.3 is 10.2 Å². The lowest BCUT2D eigenvalue weighted by atomic mass is 9.90. The number of piperidine rings is 1. The maximum Gasteiger partial charge on any atom is 0.219 e. The van der Waals surface area contributed by atoms with E-state index in [9.17, 15) is 4.79 Å². The number of aromatic nitrogens is 1. The smallest absolute Gasteiger partial charge is 0.219 e. The lowest BCUT2D eigenvalue weighted by molar-refractivity contribution is -0.133. The van der Waals surface area contributed by atoms with E-state index in [0.29, 0.717) is 6.04 Å². The Bertz CT molecular complexity index is 701. The van der Waals surface area contributed by atoms with Gasteiger partial charge in [0.05, 0.1) is 6.04 Å². The van der Waals surface area contributed by atoms with Gasteiger partial charge in [-0.3, -0.25) is 9.78 Å². The quantitative estimate of drug-likeness (QED) is 0.912. The molecule has 1 fully saturated rings. The highest BCUT2D eigenvalue weighted by atomic mass is 16.2. The molecule has 2 aromatic rings. The van der Waals surface area contributed by atoms with E-state index >= 15 is 0 Å². The number of carbonyl (C=O) groups is 1. The number of carbonyl (C=O) groups excluding carboxylic acids is 1. The average Bonchev–Trinajstić information content (AvgIpc) is 2.61. The largest absolute Gasteiger partial charge is 0.338 e. The highest BCUT2D eigenvalue weighted by Gasteiger charge is 2.32. The van der Waals surface area contributed by atoms with Crippen LogP contribution in [-0.2, 0) is 17.8 Å². The first-order valence-corrected chi connectivity index (χ1v) is 9.08. The number of rotatable bonds is 5. The number of amides is 1. The van der Waals surface area contributed by atoms with Crippen LogP contribution in [0.1, 0.15) is 36.5 Å². The summed E-state index contributed by atoms with van der Waals surface area (Å²) in [7, 11) is 0. The molecule has 4 nitrogen and oxygen atoms in total. The van der Waals surface area contributed by atoms with Crippen LogP contribution >= 0.6 is 0 Å². The van der Waals surface area contributed by atoms with Gasteiger partial charge in [0.25, 0.3) is 0 Å². The lowest BCUT2D eigenvalue weighted by Crippen LogP contribution is -2.56. The minimum atomic E-state index is 0.174. The third-order valence-electron chi connectivity index (χ3n) is 5.03. The van der Waals surface area contributed by atoms with Gasteiger partial charge in [0, 0.05) is 38.4 Å². The first kappa shape index (κ1) is 17.6. The minimum absolute atomic E-state index is 0.174. The number of benzene rings is 1. The van der Waals surface area contributed by atoms with Crippen molar-refractivity contribution >= 4 is 5.91 Å². The van der Waals surface area contributed by atoms with Gasteiger partial charge >= 0.3 is 0 Å². The molecular formula is C21H27N3O. The van der Waals surface area contributed by atoms with Crippen LogP contribution < -0.4 is 5.32 Å². The summed E-state index contributed by atoms with van der Waals surface area (Å²) < 4.78 is 0. The van der Waals surface area contributed by atoms with Crippen molar-refractivity contribution in [2.24, 2.45) is 0 Å². The van der Waals surface area contributed by atoms with Crippen molar-refractivity contribution in [2.45, 2.75) is 51.7 Å². The van der Waals surface area contributed by atoms with E-state index in [0.717, 1.165) is 32.4 Å². The molecule has 0 saturated carbocycles. The number of nitrogens with one attached hydrogen (secondary N) is 1. The molecule has 1 aromatic heterocycles. The average molecular weight is 337 g/mol. The SMILES string of the molecule is CC(=O)N1CCC[C@H](NCc2ccncc2)[C@@H]1Cc1cccc(C)c1. The Morgan fingerprint density at radius 1 is 1.24 bits per heavy atom. The van der Waals surface area contributed by atoms with E-state index < -0.39 is 0 Å². The summed E-state index contributed by atoms with van der Waals surface area (Å²) in [6.45, 7) is 5.48. The molecule has 0 aliphatic carbocycles. The molecule has 1 saturated heterocycles. The maximum absolute atomic E-state index is 12.2. The molecule has 3 rings (SSSR count). The molecule has 2 atom stereocenters. The molecule has 1 aliphatic heterocycles. The Morgan fingerprint density at radius 3 is 2.76 bits per heavy atom. The Balaban J connectivity index is 1.75. The maximum atomic E-state index is 12.2. The highest BCUT2D eigenvalue weighted by Crippen LogP contribution is 2.22. The zero-order valence-corrected chi connectivity index (χ0v) is 15.1. The second-order valence-electron chi connectivity index (χ2n) is 6.96. The van der Waals surface area contributed by atoms with E-state index in [1.807, 2.05) is 24.5 Å². The monoisotopic (exact) mass is 337 g/mol. The van der Waals surface area contributed by atoms with Crippen molar-refractivity contribution in [3.8, 4) is 0 Å². The molecule has 1 aliphatic rings. The first-order valence-electron chi connectivity index (χ1n) is 9.08. The third-order valence-corrected chi connectivity index (χ3v) is 5.03. The number of pyridine rings is 1. The van der Waals surface area contributed by atoms with Gasteiger partial charge in [-0.2, -0.15) is 0 Å². The number of hydrogen-bond donors (Lipinski definition) is 1. The van der Waals surface area contributed by atoms with Crippen LogP contribution in [0, 0.1) is 6.92 Å². The number of hydrogen-bond acceptors (Lipinski definition) is 3. The fourth-order valence-electron chi connectivity index (χ4n) is 3.77. The molecule has 0 bridgehead atoms. The van der Waals surface area contributed by atoms with Crippen molar-refractivity contribution in [1.82, 2.24) is 15.2 Å². The molecule has 25 heavy (non-hydrogen) atoms. The summed E-state index contributed by atoms with van der Waals surface area (Å²) >= 11 is 0. The van der Waals surface area contributed by atoms with Crippen LogP contribution in [-0.4, -0.2) is 34.4 Å². The van der Waals surface area contributed by atoms with Crippen LogP contribution in [0.3, 0.4) is 0 Å². The molecule has 0 radical (unpaired) electrons. The topological polar surface area (TPSA) is 45.2 Å². The zero-order valence-electron chi connectivity index (χ0n) is 15.1. The summed E-state index contributed by atoms with van der Waals surface area (Å²) in [5, 5.41) is 3.69. The van der Waals surface area contributed by atoms with Crippen molar-refractivity contribution in [1.29, 1.82) is 0 Å². The van der Waals surface area contributed by atoms with E-state index in [-0.39, 0.29) is 11.9 Å². The molecule has 1 amide bonds. The van der Waals surface area contributed by atoms with Crippen LogP contribution in [0.2, 0.25) is 0 Å². The summed E-state index contributed by atoms with van der Waals surface area (Å²) in [5.74, 6) is 0.174. The number of likely N-dealkylation sites (tertiary alicyclic amines) is 1. The second kappa shape index (κ2) is 8.26. The molecule has 1 aromatic carbocycles. The molecular weight excluding hydrogens is 310 g/mol. The van der Waals surface area contributed by atoms with Crippen molar-refractivity contribution < 1.29 is 4.79 Å². The van der Waals surface area contributed by atoms with Crippen LogP contribution in [0.15, 0.2) is 48.8 Å². The highest BCUT2D eigenvalue weighted by molar-refractivity contribution is 5.73. The zero-order chi connectivity index (χ0) is 17.6. The van der Waals surface area contributed by atoms with Crippen LogP contribution in [0.4, 0.5) is 0 Å². The van der Waals surface area contributed by atoms with Gasteiger partial charge in [0.1, 0.15) is 0 Å². The summed E-state index contributed by atoms with van der Waals surface area (Å²) in [6, 6.07) is 13.2. The van der Waals surface area contributed by atoms with E-state index in [4.69, 9.17) is 0 Å². The van der Waals surface area contributed by atoms with Gasteiger partial charge in [0.2, 0.25) is 5.91 Å². The van der Waals surface area contributed by atoms with Gasteiger partial charge in [0.15, 0.2) is 0 Å². The summed E-state index contributed by atoms with van der Waals surface area (Å²) in [4.78, 5) is 18.3. The molecule has 2 heterocycles. The van der Waals surface area contributed by atoms with E-state index in [1.165, 1.54) is 16.7 Å². The summed E-state index contributed by atoms with van der Waals surface area (Å²) in [6.07, 6.45) is 6.70. The Labute approximate surface area is 150 Å². The predicted octanol–water partition coefficient (Wildman–Crippen LogP) is 3.10. The van der Waals surface area contributed by atoms with Gasteiger partial charge in [-0.05, 0) is 49.4 Å². The predicted molar refractivity (Wildman–Crippen MR) is 100 cm³/mol. The number of nitrogens with zero attached hydrogens (tertiary/aromatic N) is 2. The number of aryl methyl sites for hydroxylation is 1. The normalized spacial score (nSPS) is 20.5. The Kier molecular flexibility index (Phi) is 5.82. The molecule has 0 unspecified atom stereocenters. The Morgan fingerprint density at radius 2 is 2.04 bits per heavy atom. The van der Waals surface area contributed by atoms with Gasteiger partial charge in [-0.25, -0.2) is 0 Å². The molecule has 132 valence electrons. The second-order valence-corrected chi connectivity index (χ2v) is 6.96. The fraction of sp³-hybridized carbons (Fsp3) is 0.429. The van der Waals surface area contributed by atoms with Crippen molar-refractivity contribution in [2.75, 3.05) is 6.54 Å². The van der Waals surface area contributed by atoms with E-state index in [1.54, 1.807) is 6.92 Å². The van der Waals surface area contributed by atoms with Crippen LogP contribution in [0.5, 0.6) is 0 Å². The fourth-order valence-corrected chi connectivity index (χ4v) is 3.77. The van der Waals surface area contributed by atoms with Crippen molar-refractivity contribution in [3.63, 3.8) is 0 Å². The minimum Gasteiger partial charge on any atom is -0.338 e. The van der Waals surface area contributed by atoms with Crippen molar-refractivity contribution in [3.05, 3.63) is 65.5 Å². The van der Waals surface area contributed by atoms with Gasteiger partial charge in [-0.15, -0.1) is 0 Å². The molecule has 4 heteroatoms. The third kappa shape index (κ3) is 4.67. The standard InChI is InChI=1S/C21H27N3O/c1-16-5-3-6-19(13-16)14-21-20(7-4-12-24(21)17(2)25)23-15-18-8-10-22-11-9-18/h3,5-6,8-11,13,20-21,23H,4,7,12,14-15H2,1-2H3/t20-,21-/m0/s1. The van der Waals surface area contributed by atoms with Crippen LogP contribution in [0.25, 0.3) is 0 Å². The Hall–Kier alpha value is -2.20.